The van der Waals surface area contributed by atoms with Crippen LogP contribution in [-0.4, -0.2) is 11.0 Å². The fraction of sp³-hybridized carbons (Fsp3) is 0.0667. The van der Waals surface area contributed by atoms with Gasteiger partial charge in [-0.1, -0.05) is 24.3 Å². The van der Waals surface area contributed by atoms with Gasteiger partial charge < -0.3 is 9.15 Å². The SMILES string of the molecule is Cc1ccccc1C(=O)Oc1cccc2oc(=O)[nH]c12. The van der Waals surface area contributed by atoms with Gasteiger partial charge in [-0.05, 0) is 30.7 Å². The summed E-state index contributed by atoms with van der Waals surface area (Å²) in [6, 6.07) is 12.0. The summed E-state index contributed by atoms with van der Waals surface area (Å²) in [7, 11) is 0. The molecule has 3 aromatic rings. The molecule has 0 aliphatic rings. The Hall–Kier alpha value is -2.82. The van der Waals surface area contributed by atoms with Crippen molar-refractivity contribution in [3.05, 3.63) is 64.1 Å². The monoisotopic (exact) mass is 269 g/mol. The Morgan fingerprint density at radius 2 is 1.95 bits per heavy atom. The summed E-state index contributed by atoms with van der Waals surface area (Å²) in [4.78, 5) is 25.8. The van der Waals surface area contributed by atoms with E-state index >= 15 is 0 Å². The summed E-state index contributed by atoms with van der Waals surface area (Å²) < 4.78 is 10.3. The molecule has 0 fully saturated rings. The second-order valence-corrected chi connectivity index (χ2v) is 4.35. The van der Waals surface area contributed by atoms with Crippen LogP contribution in [0.5, 0.6) is 5.75 Å². The van der Waals surface area contributed by atoms with Gasteiger partial charge in [-0.25, -0.2) is 9.59 Å². The van der Waals surface area contributed by atoms with Gasteiger partial charge in [0.15, 0.2) is 11.3 Å². The van der Waals surface area contributed by atoms with Crippen molar-refractivity contribution >= 4 is 17.1 Å². The van der Waals surface area contributed by atoms with Gasteiger partial charge in [0, 0.05) is 0 Å². The van der Waals surface area contributed by atoms with Crippen molar-refractivity contribution in [1.82, 2.24) is 4.98 Å². The molecule has 100 valence electrons. The fourth-order valence-corrected chi connectivity index (χ4v) is 1.99. The molecule has 0 spiro atoms. The maximum Gasteiger partial charge on any atom is 0.417 e. The fourth-order valence-electron chi connectivity index (χ4n) is 1.99. The van der Waals surface area contributed by atoms with Crippen LogP contribution in [0.1, 0.15) is 15.9 Å². The quantitative estimate of drug-likeness (QED) is 0.573. The van der Waals surface area contributed by atoms with Crippen LogP contribution < -0.4 is 10.5 Å². The predicted molar refractivity (Wildman–Crippen MR) is 73.0 cm³/mol. The molecule has 3 rings (SSSR count). The van der Waals surface area contributed by atoms with Crippen molar-refractivity contribution in [2.45, 2.75) is 6.92 Å². The molecule has 0 radical (unpaired) electrons. The van der Waals surface area contributed by atoms with E-state index in [1.54, 1.807) is 30.3 Å². The van der Waals surface area contributed by atoms with Gasteiger partial charge in [0.25, 0.3) is 0 Å². The smallest absolute Gasteiger partial charge is 0.417 e. The van der Waals surface area contributed by atoms with Crippen molar-refractivity contribution < 1.29 is 13.9 Å². The number of hydrogen-bond donors (Lipinski definition) is 1. The number of carbonyl (C=O) groups is 1. The van der Waals surface area contributed by atoms with Crippen molar-refractivity contribution in [3.8, 4) is 5.75 Å². The summed E-state index contributed by atoms with van der Waals surface area (Å²) in [6.45, 7) is 1.83. The summed E-state index contributed by atoms with van der Waals surface area (Å²) in [6.07, 6.45) is 0. The van der Waals surface area contributed by atoms with Crippen LogP contribution in [-0.2, 0) is 0 Å². The first kappa shape index (κ1) is 12.2. The van der Waals surface area contributed by atoms with E-state index in [2.05, 4.69) is 4.98 Å². The number of esters is 1. The number of hydrogen-bond acceptors (Lipinski definition) is 4. The molecular formula is C15H11NO4. The maximum absolute atomic E-state index is 12.1. The minimum absolute atomic E-state index is 0.265. The lowest BCUT2D eigenvalue weighted by molar-refractivity contribution is 0.0736. The van der Waals surface area contributed by atoms with E-state index < -0.39 is 11.7 Å². The van der Waals surface area contributed by atoms with Gasteiger partial charge in [0.2, 0.25) is 0 Å². The summed E-state index contributed by atoms with van der Waals surface area (Å²) in [5, 5.41) is 0. The number of para-hydroxylation sites is 1. The van der Waals surface area contributed by atoms with E-state index in [4.69, 9.17) is 9.15 Å². The van der Waals surface area contributed by atoms with Crippen LogP contribution >= 0.6 is 0 Å². The second-order valence-electron chi connectivity index (χ2n) is 4.35. The maximum atomic E-state index is 12.1. The lowest BCUT2D eigenvalue weighted by Gasteiger charge is -2.06. The Bertz CT molecular complexity index is 844. The third-order valence-corrected chi connectivity index (χ3v) is 2.99. The van der Waals surface area contributed by atoms with Gasteiger partial charge in [-0.15, -0.1) is 0 Å². The zero-order valence-electron chi connectivity index (χ0n) is 10.7. The van der Waals surface area contributed by atoms with Crippen molar-refractivity contribution in [1.29, 1.82) is 0 Å². The molecule has 0 saturated carbocycles. The van der Waals surface area contributed by atoms with Gasteiger partial charge in [-0.2, -0.15) is 0 Å². The summed E-state index contributed by atoms with van der Waals surface area (Å²) in [5.41, 5.74) is 2.03. The number of aryl methyl sites for hydroxylation is 1. The number of oxazole rings is 1. The number of carbonyl (C=O) groups excluding carboxylic acids is 1. The topological polar surface area (TPSA) is 72.3 Å². The highest BCUT2D eigenvalue weighted by Crippen LogP contribution is 2.23. The molecule has 5 nitrogen and oxygen atoms in total. The number of benzene rings is 2. The van der Waals surface area contributed by atoms with Crippen LogP contribution in [0, 0.1) is 6.92 Å². The minimum atomic E-state index is -0.584. The van der Waals surface area contributed by atoms with Crippen molar-refractivity contribution in [2.75, 3.05) is 0 Å². The lowest BCUT2D eigenvalue weighted by atomic mass is 10.1. The highest BCUT2D eigenvalue weighted by Gasteiger charge is 2.14. The minimum Gasteiger partial charge on any atom is -0.421 e. The zero-order valence-corrected chi connectivity index (χ0v) is 10.7. The Kier molecular flexibility index (Phi) is 2.87. The number of ether oxygens (including phenoxy) is 1. The number of aromatic nitrogens is 1. The Balaban J connectivity index is 1.99. The highest BCUT2D eigenvalue weighted by atomic mass is 16.5. The van der Waals surface area contributed by atoms with Gasteiger partial charge >= 0.3 is 11.7 Å². The van der Waals surface area contributed by atoms with Crippen LogP contribution in [0.4, 0.5) is 0 Å². The molecule has 5 heteroatoms. The van der Waals surface area contributed by atoms with Crippen molar-refractivity contribution in [2.24, 2.45) is 0 Å². The predicted octanol–water partition coefficient (Wildman–Crippen LogP) is 2.65. The molecule has 0 aliphatic heterocycles. The first-order chi connectivity index (χ1) is 9.65. The molecule has 0 unspecified atom stereocenters. The largest absolute Gasteiger partial charge is 0.421 e. The van der Waals surface area contributed by atoms with Crippen LogP contribution in [0.3, 0.4) is 0 Å². The Morgan fingerprint density at radius 3 is 2.75 bits per heavy atom. The molecule has 0 bridgehead atoms. The Morgan fingerprint density at radius 1 is 1.15 bits per heavy atom. The average molecular weight is 269 g/mol. The van der Waals surface area contributed by atoms with E-state index in [1.165, 1.54) is 0 Å². The third kappa shape index (κ3) is 2.09. The molecule has 1 N–H and O–H groups in total. The van der Waals surface area contributed by atoms with Crippen LogP contribution in [0.2, 0.25) is 0 Å². The molecule has 2 aromatic carbocycles. The van der Waals surface area contributed by atoms with Gasteiger partial charge in [-0.3, -0.25) is 4.98 Å². The molecule has 0 saturated heterocycles. The van der Waals surface area contributed by atoms with E-state index in [0.29, 0.717) is 16.7 Å². The molecule has 0 atom stereocenters. The van der Waals surface area contributed by atoms with E-state index in [-0.39, 0.29) is 5.75 Å². The lowest BCUT2D eigenvalue weighted by Crippen LogP contribution is -2.10. The second kappa shape index (κ2) is 4.70. The van der Waals surface area contributed by atoms with Gasteiger partial charge in [0.05, 0.1) is 5.56 Å². The molecule has 0 amide bonds. The molecular weight excluding hydrogens is 258 g/mol. The zero-order chi connectivity index (χ0) is 14.1. The van der Waals surface area contributed by atoms with E-state index in [0.717, 1.165) is 5.56 Å². The van der Waals surface area contributed by atoms with Crippen LogP contribution in [0.25, 0.3) is 11.1 Å². The number of rotatable bonds is 2. The Labute approximate surface area is 113 Å². The summed E-state index contributed by atoms with van der Waals surface area (Å²) in [5.74, 6) is -0.793. The number of H-pyrrole nitrogens is 1. The normalized spacial score (nSPS) is 10.7. The van der Waals surface area contributed by atoms with Gasteiger partial charge in [0.1, 0.15) is 5.52 Å². The first-order valence-electron chi connectivity index (χ1n) is 6.05. The standard InChI is InChI=1S/C15H11NO4/c1-9-5-2-3-6-10(9)14(17)19-11-7-4-8-12-13(11)16-15(18)20-12/h2-8H,1H3,(H,16,18). The molecule has 20 heavy (non-hydrogen) atoms. The molecule has 1 heterocycles. The van der Waals surface area contributed by atoms with E-state index in [1.807, 2.05) is 19.1 Å². The summed E-state index contributed by atoms with van der Waals surface area (Å²) >= 11 is 0. The van der Waals surface area contributed by atoms with Crippen LogP contribution in [0.15, 0.2) is 51.7 Å². The van der Waals surface area contributed by atoms with E-state index in [9.17, 15) is 9.59 Å². The third-order valence-electron chi connectivity index (χ3n) is 2.99. The number of fused-ring (bicyclic) bond motifs is 1. The molecule has 0 aliphatic carbocycles. The first-order valence-corrected chi connectivity index (χ1v) is 6.05. The van der Waals surface area contributed by atoms with Crippen molar-refractivity contribution in [3.63, 3.8) is 0 Å². The number of aromatic amines is 1. The molecule has 1 aromatic heterocycles. The number of nitrogens with one attached hydrogen (secondary N) is 1. The highest BCUT2D eigenvalue weighted by molar-refractivity contribution is 5.94. The average Bonchev–Trinajstić information content (AvgIpc) is 2.80.